The molecule has 0 aliphatic carbocycles. The number of nitrogens with zero attached hydrogens (tertiary/aromatic N) is 3. The Morgan fingerprint density at radius 1 is 1.22 bits per heavy atom. The molecule has 3 aromatic rings. The maximum Gasteiger partial charge on any atom is 0.416 e. The summed E-state index contributed by atoms with van der Waals surface area (Å²) in [7, 11) is 0. The fraction of sp³-hybridized carbons (Fsp3) is 0.375. The van der Waals surface area contributed by atoms with Gasteiger partial charge in [0.2, 0.25) is 5.91 Å². The van der Waals surface area contributed by atoms with Crippen LogP contribution in [-0.4, -0.2) is 50.3 Å². The Hall–Kier alpha value is -4.16. The molecule has 0 bridgehead atoms. The molecular weight excluding hydrogens is 493 g/mol. The van der Waals surface area contributed by atoms with Crippen LogP contribution in [0.15, 0.2) is 35.3 Å². The van der Waals surface area contributed by atoms with E-state index in [-0.39, 0.29) is 34.9 Å². The molecule has 4 rings (SSSR count). The van der Waals surface area contributed by atoms with E-state index in [9.17, 15) is 32.7 Å². The minimum absolute atomic E-state index is 0.00275. The number of halogens is 3. The minimum Gasteiger partial charge on any atom is -0.465 e. The summed E-state index contributed by atoms with van der Waals surface area (Å²) < 4.78 is 40.5. The highest BCUT2D eigenvalue weighted by atomic mass is 19.4. The van der Waals surface area contributed by atoms with Gasteiger partial charge in [-0.1, -0.05) is 0 Å². The number of hydrogen-bond acceptors (Lipinski definition) is 6. The number of anilines is 2. The Morgan fingerprint density at radius 3 is 2.65 bits per heavy atom. The SMILES string of the molecule is CC(=O)Nc1cc([C@@H](C)Nc2n[nH]c(=O)c3cnc([C@@H]4CCCN(C(=O)O)C4)cc23)cc(C(F)(F)F)c1. The van der Waals surface area contributed by atoms with E-state index in [0.717, 1.165) is 12.1 Å². The summed E-state index contributed by atoms with van der Waals surface area (Å²) in [5.74, 6) is -0.471. The lowest BCUT2D eigenvalue weighted by Crippen LogP contribution is -2.38. The van der Waals surface area contributed by atoms with Gasteiger partial charge in [-0.2, -0.15) is 18.3 Å². The highest BCUT2D eigenvalue weighted by molar-refractivity contribution is 5.91. The van der Waals surface area contributed by atoms with Crippen molar-refractivity contribution < 1.29 is 27.9 Å². The van der Waals surface area contributed by atoms with Gasteiger partial charge < -0.3 is 20.6 Å². The first-order valence-electron chi connectivity index (χ1n) is 11.5. The third-order valence-corrected chi connectivity index (χ3v) is 6.26. The fourth-order valence-electron chi connectivity index (χ4n) is 4.43. The minimum atomic E-state index is -4.63. The maximum absolute atomic E-state index is 13.5. The van der Waals surface area contributed by atoms with Crippen LogP contribution in [0.4, 0.5) is 29.5 Å². The van der Waals surface area contributed by atoms with Crippen LogP contribution in [-0.2, 0) is 11.0 Å². The van der Waals surface area contributed by atoms with E-state index in [2.05, 4.69) is 25.8 Å². The molecule has 1 aromatic carbocycles. The van der Waals surface area contributed by atoms with Gasteiger partial charge in [0.15, 0.2) is 5.82 Å². The largest absolute Gasteiger partial charge is 0.465 e. The smallest absolute Gasteiger partial charge is 0.416 e. The number of benzene rings is 1. The van der Waals surface area contributed by atoms with Crippen LogP contribution < -0.4 is 16.2 Å². The molecule has 13 heteroatoms. The number of aromatic nitrogens is 3. The van der Waals surface area contributed by atoms with Crippen molar-refractivity contribution in [3.63, 3.8) is 0 Å². The zero-order valence-corrected chi connectivity index (χ0v) is 20.0. The van der Waals surface area contributed by atoms with Gasteiger partial charge >= 0.3 is 12.3 Å². The summed E-state index contributed by atoms with van der Waals surface area (Å²) >= 11 is 0. The van der Waals surface area contributed by atoms with E-state index in [4.69, 9.17) is 0 Å². The maximum atomic E-state index is 13.5. The number of rotatable bonds is 5. The third-order valence-electron chi connectivity index (χ3n) is 6.26. The molecule has 1 fully saturated rings. The second kappa shape index (κ2) is 10.1. The van der Waals surface area contributed by atoms with Crippen LogP contribution in [0.3, 0.4) is 0 Å². The van der Waals surface area contributed by atoms with Gasteiger partial charge in [-0.05, 0) is 49.6 Å². The van der Waals surface area contributed by atoms with Crippen molar-refractivity contribution in [3.8, 4) is 0 Å². The first kappa shape index (κ1) is 25.9. The van der Waals surface area contributed by atoms with E-state index in [0.29, 0.717) is 30.5 Å². The number of nitrogens with one attached hydrogen (secondary N) is 3. The van der Waals surface area contributed by atoms with Crippen LogP contribution >= 0.6 is 0 Å². The van der Waals surface area contributed by atoms with Crippen LogP contribution in [0.5, 0.6) is 0 Å². The number of H-pyrrole nitrogens is 1. The molecule has 1 aliphatic heterocycles. The van der Waals surface area contributed by atoms with Crippen LogP contribution in [0, 0.1) is 0 Å². The molecule has 10 nitrogen and oxygen atoms in total. The highest BCUT2D eigenvalue weighted by Crippen LogP contribution is 2.35. The van der Waals surface area contributed by atoms with Crippen molar-refractivity contribution in [1.82, 2.24) is 20.1 Å². The topological polar surface area (TPSA) is 140 Å². The second-order valence-electron chi connectivity index (χ2n) is 9.01. The fourth-order valence-corrected chi connectivity index (χ4v) is 4.43. The number of likely N-dealkylation sites (tertiary alicyclic amines) is 1. The van der Waals surface area contributed by atoms with Crippen LogP contribution in [0.2, 0.25) is 0 Å². The van der Waals surface area contributed by atoms with Crippen molar-refractivity contribution in [3.05, 3.63) is 57.6 Å². The molecule has 37 heavy (non-hydrogen) atoms. The number of carbonyl (C=O) groups is 2. The average molecular weight is 518 g/mol. The number of carboxylic acid groups (broad SMARTS) is 1. The Labute approximate surface area is 208 Å². The number of amides is 2. The number of pyridine rings is 1. The van der Waals surface area contributed by atoms with Crippen molar-refractivity contribution in [2.24, 2.45) is 0 Å². The molecule has 2 aromatic heterocycles. The average Bonchev–Trinajstić information content (AvgIpc) is 2.84. The van der Waals surface area contributed by atoms with Gasteiger partial charge in [0.25, 0.3) is 5.56 Å². The molecule has 3 heterocycles. The number of piperidine rings is 1. The normalized spacial score (nSPS) is 16.9. The zero-order valence-electron chi connectivity index (χ0n) is 20.0. The van der Waals surface area contributed by atoms with Gasteiger partial charge in [-0.25, -0.2) is 9.89 Å². The van der Waals surface area contributed by atoms with E-state index in [1.165, 1.54) is 24.1 Å². The second-order valence-corrected chi connectivity index (χ2v) is 9.01. The van der Waals surface area contributed by atoms with E-state index in [1.54, 1.807) is 13.0 Å². The van der Waals surface area contributed by atoms with Gasteiger partial charge in [-0.3, -0.25) is 14.6 Å². The first-order chi connectivity index (χ1) is 17.4. The first-order valence-corrected chi connectivity index (χ1v) is 11.5. The number of fused-ring (bicyclic) bond motifs is 1. The Balaban J connectivity index is 1.70. The highest BCUT2D eigenvalue weighted by Gasteiger charge is 2.32. The molecule has 0 spiro atoms. The summed E-state index contributed by atoms with van der Waals surface area (Å²) in [5.41, 5.74) is -0.590. The van der Waals surface area contributed by atoms with Gasteiger partial charge in [-0.15, -0.1) is 0 Å². The number of alkyl halides is 3. The van der Waals surface area contributed by atoms with Crippen LogP contribution in [0.1, 0.15) is 55.5 Å². The molecular formula is C24H25F3N6O4. The van der Waals surface area contributed by atoms with Crippen molar-refractivity contribution in [1.29, 1.82) is 0 Å². The molecule has 0 radical (unpaired) electrons. The number of aromatic amines is 1. The lowest BCUT2D eigenvalue weighted by atomic mass is 9.93. The van der Waals surface area contributed by atoms with Gasteiger partial charge in [0.05, 0.1) is 17.0 Å². The lowest BCUT2D eigenvalue weighted by Gasteiger charge is -2.30. The Kier molecular flexibility index (Phi) is 7.05. The van der Waals surface area contributed by atoms with Gasteiger partial charge in [0, 0.05) is 48.9 Å². The molecule has 0 saturated carbocycles. The van der Waals surface area contributed by atoms with E-state index >= 15 is 0 Å². The van der Waals surface area contributed by atoms with E-state index < -0.39 is 35.3 Å². The molecule has 1 aliphatic rings. The molecule has 2 amide bonds. The van der Waals surface area contributed by atoms with Crippen molar-refractivity contribution >= 4 is 34.3 Å². The predicted octanol–water partition coefficient (Wildman–Crippen LogP) is 4.33. The summed E-state index contributed by atoms with van der Waals surface area (Å²) in [6.45, 7) is 3.52. The lowest BCUT2D eigenvalue weighted by molar-refractivity contribution is -0.137. The molecule has 4 N–H and O–H groups in total. The number of carbonyl (C=O) groups excluding carboxylic acids is 1. The van der Waals surface area contributed by atoms with Crippen LogP contribution in [0.25, 0.3) is 10.8 Å². The standard InChI is InChI=1S/C24H25F3N6O4/c1-12(15-6-16(24(25,26)27)8-17(7-15)30-13(2)34)29-21-18-9-20(28-10-19(18)22(35)32-31-21)14-4-3-5-33(11-14)23(36)37/h6-10,12,14H,3-5,11H2,1-2H3,(H,29,31)(H,30,34)(H,32,35)(H,36,37)/t12-,14-/m1/s1. The molecule has 2 atom stereocenters. The molecule has 196 valence electrons. The third kappa shape index (κ3) is 5.81. The zero-order chi connectivity index (χ0) is 26.9. The Bertz CT molecular complexity index is 1410. The monoisotopic (exact) mass is 518 g/mol. The van der Waals surface area contributed by atoms with Crippen molar-refractivity contribution in [2.45, 2.75) is 44.8 Å². The van der Waals surface area contributed by atoms with Gasteiger partial charge in [0.1, 0.15) is 0 Å². The summed E-state index contributed by atoms with van der Waals surface area (Å²) in [4.78, 5) is 40.9. The summed E-state index contributed by atoms with van der Waals surface area (Å²) in [6.07, 6.45) is -2.87. The number of hydrogen-bond donors (Lipinski definition) is 4. The molecule has 1 saturated heterocycles. The predicted molar refractivity (Wildman–Crippen MR) is 130 cm³/mol. The summed E-state index contributed by atoms with van der Waals surface area (Å²) in [5, 5.41) is 21.8. The summed E-state index contributed by atoms with van der Waals surface area (Å²) in [6, 6.07) is 4.22. The van der Waals surface area contributed by atoms with E-state index in [1.807, 2.05) is 0 Å². The van der Waals surface area contributed by atoms with Crippen molar-refractivity contribution in [2.75, 3.05) is 23.7 Å². The molecule has 0 unspecified atom stereocenters. The Morgan fingerprint density at radius 2 is 1.97 bits per heavy atom. The quantitative estimate of drug-likeness (QED) is 0.394.